The second kappa shape index (κ2) is 7.42. The molecule has 0 spiro atoms. The summed E-state index contributed by atoms with van der Waals surface area (Å²) in [4.78, 5) is 12.4. The number of benzene rings is 1. The summed E-state index contributed by atoms with van der Waals surface area (Å²) in [6, 6.07) is 9.58. The van der Waals surface area contributed by atoms with E-state index in [1.165, 1.54) is 0 Å². The van der Waals surface area contributed by atoms with Crippen LogP contribution in [0.4, 0.5) is 5.69 Å². The number of amides is 1. The van der Waals surface area contributed by atoms with Gasteiger partial charge in [-0.25, -0.2) is 4.68 Å². The van der Waals surface area contributed by atoms with Crippen LogP contribution < -0.4 is 11.1 Å². The Hall–Kier alpha value is -1.85. The van der Waals surface area contributed by atoms with Crippen LogP contribution in [0.3, 0.4) is 0 Å². The fourth-order valence-electron chi connectivity index (χ4n) is 3.05. The molecular weight excluding hydrogens is 300 g/mol. The Morgan fingerprint density at radius 3 is 2.95 bits per heavy atom. The lowest BCUT2D eigenvalue weighted by molar-refractivity contribution is -0.120. The van der Waals surface area contributed by atoms with Gasteiger partial charge in [0.1, 0.15) is 0 Å². The van der Waals surface area contributed by atoms with E-state index in [-0.39, 0.29) is 24.2 Å². The summed E-state index contributed by atoms with van der Waals surface area (Å²) in [6.07, 6.45) is 6.69. The summed E-state index contributed by atoms with van der Waals surface area (Å²) >= 11 is 0. The molecule has 1 amide bonds. The fraction of sp³-hybridized carbons (Fsp3) is 0.375. The fourth-order valence-corrected chi connectivity index (χ4v) is 3.05. The number of hydrogen-bond acceptors (Lipinski definition) is 3. The van der Waals surface area contributed by atoms with E-state index in [1.807, 2.05) is 36.5 Å². The molecule has 3 N–H and O–H groups in total. The minimum Gasteiger partial charge on any atom is -0.330 e. The van der Waals surface area contributed by atoms with Gasteiger partial charge in [-0.3, -0.25) is 4.79 Å². The van der Waals surface area contributed by atoms with Crippen LogP contribution in [-0.2, 0) is 4.79 Å². The molecule has 0 radical (unpaired) electrons. The molecule has 22 heavy (non-hydrogen) atoms. The molecule has 0 unspecified atom stereocenters. The van der Waals surface area contributed by atoms with Crippen molar-refractivity contribution < 1.29 is 4.79 Å². The molecule has 118 valence electrons. The van der Waals surface area contributed by atoms with Gasteiger partial charge in [0.15, 0.2) is 0 Å². The van der Waals surface area contributed by atoms with Crippen molar-refractivity contribution >= 4 is 24.0 Å². The van der Waals surface area contributed by atoms with E-state index in [9.17, 15) is 4.79 Å². The third-order valence-electron chi connectivity index (χ3n) is 4.18. The minimum absolute atomic E-state index is 0. The highest BCUT2D eigenvalue weighted by Gasteiger charge is 2.31. The molecule has 0 bridgehead atoms. The average Bonchev–Trinajstić information content (AvgIpc) is 3.18. The number of halogens is 1. The number of nitrogens with one attached hydrogen (secondary N) is 1. The van der Waals surface area contributed by atoms with Crippen LogP contribution >= 0.6 is 12.4 Å². The maximum atomic E-state index is 12.4. The van der Waals surface area contributed by atoms with Crippen molar-refractivity contribution in [2.75, 3.05) is 11.9 Å². The van der Waals surface area contributed by atoms with Crippen LogP contribution in [0, 0.1) is 11.8 Å². The first-order valence-corrected chi connectivity index (χ1v) is 7.39. The number of nitrogens with two attached hydrogens (primary N) is 1. The van der Waals surface area contributed by atoms with Crippen LogP contribution in [0.1, 0.15) is 19.3 Å². The lowest BCUT2D eigenvalue weighted by Gasteiger charge is -2.17. The smallest absolute Gasteiger partial charge is 0.227 e. The maximum Gasteiger partial charge on any atom is 0.227 e. The number of rotatable bonds is 4. The first-order chi connectivity index (χ1) is 10.3. The quantitative estimate of drug-likeness (QED) is 0.909. The van der Waals surface area contributed by atoms with Gasteiger partial charge in [0.05, 0.1) is 5.69 Å². The second-order valence-corrected chi connectivity index (χ2v) is 5.52. The first-order valence-electron chi connectivity index (χ1n) is 7.39. The number of aromatic nitrogens is 2. The molecule has 2 aromatic rings. The third-order valence-corrected chi connectivity index (χ3v) is 4.18. The van der Waals surface area contributed by atoms with Crippen molar-refractivity contribution in [2.45, 2.75) is 19.3 Å². The van der Waals surface area contributed by atoms with E-state index in [0.29, 0.717) is 12.5 Å². The molecule has 1 aromatic carbocycles. The molecule has 2 atom stereocenters. The van der Waals surface area contributed by atoms with Crippen molar-refractivity contribution in [1.82, 2.24) is 9.78 Å². The molecule has 3 rings (SSSR count). The molecule has 0 aliphatic heterocycles. The number of carbonyl (C=O) groups is 1. The Morgan fingerprint density at radius 2 is 2.23 bits per heavy atom. The monoisotopic (exact) mass is 320 g/mol. The van der Waals surface area contributed by atoms with E-state index in [1.54, 1.807) is 10.9 Å². The zero-order chi connectivity index (χ0) is 14.7. The Balaban J connectivity index is 0.00000176. The van der Waals surface area contributed by atoms with Gasteiger partial charge < -0.3 is 11.1 Å². The predicted molar refractivity (Wildman–Crippen MR) is 89.3 cm³/mol. The molecule has 0 saturated heterocycles. The van der Waals surface area contributed by atoms with Gasteiger partial charge in [-0.1, -0.05) is 12.5 Å². The second-order valence-electron chi connectivity index (χ2n) is 5.52. The SMILES string of the molecule is Cl.NC[C@H]1CCC[C@H]1C(=O)Nc1cccc(-n2cccn2)c1. The molecule has 1 aliphatic carbocycles. The van der Waals surface area contributed by atoms with Crippen molar-refractivity contribution in [2.24, 2.45) is 17.6 Å². The Kier molecular flexibility index (Phi) is 5.57. The highest BCUT2D eigenvalue weighted by molar-refractivity contribution is 5.93. The molecular formula is C16H21ClN4O. The first kappa shape index (κ1) is 16.5. The van der Waals surface area contributed by atoms with Gasteiger partial charge in [0.2, 0.25) is 5.91 Å². The summed E-state index contributed by atoms with van der Waals surface area (Å²) in [6.45, 7) is 0.589. The maximum absolute atomic E-state index is 12.4. The van der Waals surface area contributed by atoms with Crippen molar-refractivity contribution in [1.29, 1.82) is 0 Å². The van der Waals surface area contributed by atoms with Gasteiger partial charge in [0.25, 0.3) is 0 Å². The molecule has 5 nitrogen and oxygen atoms in total. The van der Waals surface area contributed by atoms with Gasteiger partial charge in [0, 0.05) is 24.0 Å². The normalized spacial score (nSPS) is 20.4. The summed E-state index contributed by atoms with van der Waals surface area (Å²) in [7, 11) is 0. The predicted octanol–water partition coefficient (Wildman–Crippen LogP) is 2.61. The van der Waals surface area contributed by atoms with Crippen LogP contribution in [0.15, 0.2) is 42.7 Å². The Bertz CT molecular complexity index is 614. The lowest BCUT2D eigenvalue weighted by atomic mass is 9.95. The van der Waals surface area contributed by atoms with Crippen molar-refractivity contribution in [3.05, 3.63) is 42.7 Å². The highest BCUT2D eigenvalue weighted by Crippen LogP contribution is 2.32. The van der Waals surface area contributed by atoms with Crippen molar-refractivity contribution in [3.63, 3.8) is 0 Å². The summed E-state index contributed by atoms with van der Waals surface area (Å²) in [5.41, 5.74) is 7.48. The zero-order valence-electron chi connectivity index (χ0n) is 12.3. The van der Waals surface area contributed by atoms with Gasteiger partial charge >= 0.3 is 0 Å². The summed E-state index contributed by atoms with van der Waals surface area (Å²) in [5, 5.41) is 7.21. The molecule has 1 aliphatic rings. The minimum atomic E-state index is 0. The molecule has 1 heterocycles. The number of hydrogen-bond donors (Lipinski definition) is 2. The summed E-state index contributed by atoms with van der Waals surface area (Å²) in [5.74, 6) is 0.447. The average molecular weight is 321 g/mol. The number of carbonyl (C=O) groups excluding carboxylic acids is 1. The molecule has 6 heteroatoms. The van der Waals surface area contributed by atoms with Crippen LogP contribution in [0.5, 0.6) is 0 Å². The standard InChI is InChI=1S/C16H20N4O.ClH/c17-11-12-4-1-7-15(12)16(21)19-13-5-2-6-14(10-13)20-9-3-8-18-20;/h2-3,5-6,8-10,12,15H,1,4,7,11,17H2,(H,19,21);1H/t12-,15-;/m1./s1. The molecule has 1 aromatic heterocycles. The Morgan fingerprint density at radius 1 is 1.36 bits per heavy atom. The topological polar surface area (TPSA) is 72.9 Å². The molecule has 1 saturated carbocycles. The highest BCUT2D eigenvalue weighted by atomic mass is 35.5. The number of nitrogens with zero attached hydrogens (tertiary/aromatic N) is 2. The van der Waals surface area contributed by atoms with Crippen molar-refractivity contribution in [3.8, 4) is 5.69 Å². The largest absolute Gasteiger partial charge is 0.330 e. The van der Waals surface area contributed by atoms with E-state index < -0.39 is 0 Å². The van der Waals surface area contributed by atoms with Gasteiger partial charge in [-0.15, -0.1) is 12.4 Å². The van der Waals surface area contributed by atoms with Crippen LogP contribution in [0.2, 0.25) is 0 Å². The van der Waals surface area contributed by atoms with Gasteiger partial charge in [-0.05, 0) is 49.6 Å². The van der Waals surface area contributed by atoms with Gasteiger partial charge in [-0.2, -0.15) is 5.10 Å². The Labute approximate surface area is 136 Å². The third kappa shape index (κ3) is 3.48. The summed E-state index contributed by atoms with van der Waals surface area (Å²) < 4.78 is 1.77. The zero-order valence-corrected chi connectivity index (χ0v) is 13.1. The van der Waals surface area contributed by atoms with E-state index in [0.717, 1.165) is 30.6 Å². The van der Waals surface area contributed by atoms with E-state index in [2.05, 4.69) is 10.4 Å². The van der Waals surface area contributed by atoms with Crippen LogP contribution in [-0.4, -0.2) is 22.2 Å². The van der Waals surface area contributed by atoms with E-state index >= 15 is 0 Å². The van der Waals surface area contributed by atoms with Crippen LogP contribution in [0.25, 0.3) is 5.69 Å². The number of anilines is 1. The molecule has 1 fully saturated rings. The van der Waals surface area contributed by atoms with E-state index in [4.69, 9.17) is 5.73 Å². The lowest BCUT2D eigenvalue weighted by Crippen LogP contribution is -2.29.